The number of hydrogen-bond acceptors (Lipinski definition) is 6. The number of nitrogen functional groups attached to an aromatic ring is 1. The first-order valence-corrected chi connectivity index (χ1v) is 8.20. The van der Waals surface area contributed by atoms with Gasteiger partial charge in [-0.05, 0) is 5.56 Å². The summed E-state index contributed by atoms with van der Waals surface area (Å²) in [4.78, 5) is 22.3. The van der Waals surface area contributed by atoms with E-state index in [4.69, 9.17) is 26.8 Å². The van der Waals surface area contributed by atoms with Gasteiger partial charge in [0, 0.05) is 0 Å². The van der Waals surface area contributed by atoms with Gasteiger partial charge < -0.3 is 15.2 Å². The molecule has 0 spiro atoms. The Morgan fingerprint density at radius 3 is 2.88 bits per heavy atom. The molecule has 0 aliphatic carbocycles. The zero-order chi connectivity index (χ0) is 17.6. The highest BCUT2D eigenvalue weighted by Gasteiger charge is 2.12. The number of rotatable bonds is 8. The van der Waals surface area contributed by atoms with Crippen molar-refractivity contribution in [1.29, 1.82) is 0 Å². The molecular formula is C16H18ClN5O3. The summed E-state index contributed by atoms with van der Waals surface area (Å²) in [7, 11) is 0. The van der Waals surface area contributed by atoms with E-state index in [0.717, 1.165) is 5.56 Å². The number of benzene rings is 1. The number of alkyl halides is 1. The molecule has 132 valence electrons. The summed E-state index contributed by atoms with van der Waals surface area (Å²) in [6, 6.07) is 9.84. The van der Waals surface area contributed by atoms with E-state index in [0.29, 0.717) is 18.9 Å². The maximum absolute atomic E-state index is 11.7. The third kappa shape index (κ3) is 4.36. The van der Waals surface area contributed by atoms with Crippen LogP contribution in [0, 0.1) is 0 Å². The molecule has 9 heteroatoms. The number of ether oxygens (including phenoxy) is 2. The largest absolute Gasteiger partial charge is 0.374 e. The van der Waals surface area contributed by atoms with Gasteiger partial charge >= 0.3 is 0 Å². The van der Waals surface area contributed by atoms with Gasteiger partial charge in [0.15, 0.2) is 11.2 Å². The second-order valence-corrected chi connectivity index (χ2v) is 5.72. The number of nitrogens with two attached hydrogens (primary N) is 1. The van der Waals surface area contributed by atoms with Crippen molar-refractivity contribution in [3.63, 3.8) is 0 Å². The third-order valence-electron chi connectivity index (χ3n) is 3.53. The number of nitrogens with one attached hydrogen (secondary N) is 1. The van der Waals surface area contributed by atoms with E-state index in [9.17, 15) is 4.79 Å². The zero-order valence-electron chi connectivity index (χ0n) is 13.4. The number of halogens is 1. The Hall–Kier alpha value is -2.42. The molecule has 1 atom stereocenters. The van der Waals surface area contributed by atoms with Crippen LogP contribution in [0.4, 0.5) is 5.95 Å². The minimum atomic E-state index is -0.388. The molecule has 3 aromatic rings. The minimum absolute atomic E-state index is 0.0272. The Labute approximate surface area is 148 Å². The van der Waals surface area contributed by atoms with Crippen LogP contribution in [0.5, 0.6) is 0 Å². The van der Waals surface area contributed by atoms with Crippen molar-refractivity contribution in [3.05, 3.63) is 52.6 Å². The lowest BCUT2D eigenvalue weighted by Gasteiger charge is -2.16. The van der Waals surface area contributed by atoms with Crippen molar-refractivity contribution in [2.45, 2.75) is 19.4 Å². The Bertz CT molecular complexity index is 880. The lowest BCUT2D eigenvalue weighted by Crippen LogP contribution is -2.23. The number of fused-ring (bicyclic) bond motifs is 1. The Balaban J connectivity index is 1.57. The molecule has 0 aliphatic rings. The second-order valence-electron chi connectivity index (χ2n) is 5.41. The molecule has 25 heavy (non-hydrogen) atoms. The van der Waals surface area contributed by atoms with Crippen LogP contribution in [0.1, 0.15) is 5.56 Å². The van der Waals surface area contributed by atoms with E-state index >= 15 is 0 Å². The van der Waals surface area contributed by atoms with Gasteiger partial charge in [-0.2, -0.15) is 4.98 Å². The predicted molar refractivity (Wildman–Crippen MR) is 94.3 cm³/mol. The molecule has 1 unspecified atom stereocenters. The molecule has 0 saturated carbocycles. The summed E-state index contributed by atoms with van der Waals surface area (Å²) >= 11 is 5.94. The first-order chi connectivity index (χ1) is 12.2. The topological polar surface area (TPSA) is 108 Å². The van der Waals surface area contributed by atoms with E-state index in [2.05, 4.69) is 15.0 Å². The van der Waals surface area contributed by atoms with Crippen molar-refractivity contribution >= 4 is 28.7 Å². The quantitative estimate of drug-likeness (QED) is 0.587. The molecule has 3 N–H and O–H groups in total. The van der Waals surface area contributed by atoms with E-state index < -0.39 is 0 Å². The molecule has 0 amide bonds. The number of H-pyrrole nitrogens is 1. The van der Waals surface area contributed by atoms with Gasteiger partial charge in [-0.3, -0.25) is 14.3 Å². The SMILES string of the molecule is Nc1nc2c(ncn2COC(CCl)COCc2ccccc2)c(=O)[nH]1. The van der Waals surface area contributed by atoms with Crippen molar-refractivity contribution in [2.24, 2.45) is 0 Å². The fourth-order valence-electron chi connectivity index (χ4n) is 2.27. The van der Waals surface area contributed by atoms with E-state index in [-0.39, 0.29) is 35.7 Å². The predicted octanol–water partition coefficient (Wildman–Crippen LogP) is 1.50. The van der Waals surface area contributed by atoms with E-state index in [1.54, 1.807) is 4.57 Å². The third-order valence-corrected chi connectivity index (χ3v) is 3.87. The van der Waals surface area contributed by atoms with Gasteiger partial charge in [-0.1, -0.05) is 30.3 Å². The molecule has 0 radical (unpaired) electrons. The average Bonchev–Trinajstić information content (AvgIpc) is 3.02. The molecule has 0 aliphatic heterocycles. The molecule has 8 nitrogen and oxygen atoms in total. The molecule has 2 heterocycles. The van der Waals surface area contributed by atoms with E-state index in [1.807, 2.05) is 30.3 Å². The Kier molecular flexibility index (Phi) is 5.64. The summed E-state index contributed by atoms with van der Waals surface area (Å²) in [5.41, 5.74) is 6.83. The highest BCUT2D eigenvalue weighted by Crippen LogP contribution is 2.09. The van der Waals surface area contributed by atoms with Crippen LogP contribution < -0.4 is 11.3 Å². The zero-order valence-corrected chi connectivity index (χ0v) is 14.1. The summed E-state index contributed by atoms with van der Waals surface area (Å²) in [5.74, 6) is 0.303. The number of nitrogens with zero attached hydrogens (tertiary/aromatic N) is 3. The number of anilines is 1. The maximum atomic E-state index is 11.7. The van der Waals surface area contributed by atoms with Crippen LogP contribution in [-0.4, -0.2) is 38.1 Å². The Morgan fingerprint density at radius 2 is 2.12 bits per heavy atom. The van der Waals surface area contributed by atoms with Gasteiger partial charge in [0.05, 0.1) is 31.5 Å². The van der Waals surface area contributed by atoms with Crippen molar-refractivity contribution < 1.29 is 9.47 Å². The fourth-order valence-corrected chi connectivity index (χ4v) is 2.45. The smallest absolute Gasteiger partial charge is 0.280 e. The van der Waals surface area contributed by atoms with Crippen LogP contribution in [-0.2, 0) is 22.8 Å². The number of imidazole rings is 1. The van der Waals surface area contributed by atoms with Gasteiger partial charge in [0.25, 0.3) is 5.56 Å². The molecule has 2 aromatic heterocycles. The number of aromatic amines is 1. The van der Waals surface area contributed by atoms with Crippen LogP contribution in [0.2, 0.25) is 0 Å². The average molecular weight is 364 g/mol. The number of hydrogen-bond donors (Lipinski definition) is 2. The lowest BCUT2D eigenvalue weighted by atomic mass is 10.2. The standard InChI is InChI=1S/C16H18ClN5O3/c17-6-12(8-24-7-11-4-2-1-3-5-11)25-10-22-9-19-13-14(22)20-16(18)21-15(13)23/h1-5,9,12H,6-8,10H2,(H3,18,20,21,23). The summed E-state index contributed by atoms with van der Waals surface area (Å²) in [6.07, 6.45) is 1.17. The lowest BCUT2D eigenvalue weighted by molar-refractivity contribution is -0.0366. The van der Waals surface area contributed by atoms with E-state index in [1.165, 1.54) is 6.33 Å². The molecule has 3 rings (SSSR count). The highest BCUT2D eigenvalue weighted by atomic mass is 35.5. The van der Waals surface area contributed by atoms with Gasteiger partial charge in [-0.25, -0.2) is 4.98 Å². The van der Waals surface area contributed by atoms with Crippen LogP contribution in [0.3, 0.4) is 0 Å². The molecule has 0 fully saturated rings. The van der Waals surface area contributed by atoms with Crippen molar-refractivity contribution in [1.82, 2.24) is 19.5 Å². The molecular weight excluding hydrogens is 346 g/mol. The maximum Gasteiger partial charge on any atom is 0.280 e. The summed E-state index contributed by atoms with van der Waals surface area (Å²) in [5, 5.41) is 0. The Morgan fingerprint density at radius 1 is 1.32 bits per heavy atom. The fraction of sp³-hybridized carbons (Fsp3) is 0.312. The van der Waals surface area contributed by atoms with Crippen molar-refractivity contribution in [3.8, 4) is 0 Å². The first-order valence-electron chi connectivity index (χ1n) is 7.67. The highest BCUT2D eigenvalue weighted by molar-refractivity contribution is 6.18. The van der Waals surface area contributed by atoms with Gasteiger partial charge in [-0.15, -0.1) is 11.6 Å². The second kappa shape index (κ2) is 8.11. The van der Waals surface area contributed by atoms with Crippen LogP contribution in [0.15, 0.2) is 41.5 Å². The monoisotopic (exact) mass is 363 g/mol. The summed E-state index contributed by atoms with van der Waals surface area (Å²) < 4.78 is 13.0. The minimum Gasteiger partial charge on any atom is -0.374 e. The summed E-state index contributed by atoms with van der Waals surface area (Å²) in [6.45, 7) is 0.971. The molecule has 1 aromatic carbocycles. The number of aromatic nitrogens is 4. The van der Waals surface area contributed by atoms with Crippen LogP contribution in [0.25, 0.3) is 11.2 Å². The van der Waals surface area contributed by atoms with Gasteiger partial charge in [0.2, 0.25) is 5.95 Å². The van der Waals surface area contributed by atoms with Crippen LogP contribution >= 0.6 is 11.6 Å². The molecule has 0 saturated heterocycles. The van der Waals surface area contributed by atoms with Crippen molar-refractivity contribution in [2.75, 3.05) is 18.2 Å². The first kappa shape index (κ1) is 17.4. The van der Waals surface area contributed by atoms with Gasteiger partial charge in [0.1, 0.15) is 6.73 Å². The molecule has 0 bridgehead atoms. The normalized spacial score (nSPS) is 12.5.